The summed E-state index contributed by atoms with van der Waals surface area (Å²) in [4.78, 5) is 52.4. The second-order valence-electron chi connectivity index (χ2n) is 18.1. The molecule has 2 saturated carbocycles. The summed E-state index contributed by atoms with van der Waals surface area (Å²) in [5, 5.41) is 82.5. The molecule has 20 nitrogen and oxygen atoms in total. The number of aliphatic hydroxyl groups excluding tert-OH is 5. The highest BCUT2D eigenvalue weighted by Gasteiger charge is 2.53. The fourth-order valence-electron chi connectivity index (χ4n) is 9.79. The molecule has 0 radical (unpaired) electrons. The molecule has 2 aliphatic carbocycles. The molecule has 1 aromatic rings. The molecule has 6 unspecified atom stereocenters. The van der Waals surface area contributed by atoms with Gasteiger partial charge in [-0.25, -0.2) is 4.79 Å². The summed E-state index contributed by atoms with van der Waals surface area (Å²) in [6.07, 6.45) is -9.53. The highest BCUT2D eigenvalue weighted by molar-refractivity contribution is 5.91. The first-order valence-corrected chi connectivity index (χ1v) is 23.0. The van der Waals surface area contributed by atoms with Crippen molar-refractivity contribution >= 4 is 29.3 Å². The van der Waals surface area contributed by atoms with Crippen LogP contribution in [0.25, 0.3) is 5.57 Å². The van der Waals surface area contributed by atoms with Gasteiger partial charge in [-0.1, -0.05) is 52.0 Å². The van der Waals surface area contributed by atoms with Crippen LogP contribution in [-0.2, 0) is 42.9 Å². The van der Waals surface area contributed by atoms with Crippen molar-refractivity contribution < 1.29 is 83.3 Å². The maximum atomic E-state index is 14.0. The van der Waals surface area contributed by atoms with Gasteiger partial charge in [0.1, 0.15) is 59.9 Å². The Balaban J connectivity index is 1.19. The molecule has 368 valence electrons. The summed E-state index contributed by atoms with van der Waals surface area (Å²) >= 11 is 0. The molecular formula is C46H67N3O17. The number of aliphatic carboxylic acids is 1. The Morgan fingerprint density at radius 3 is 2.32 bits per heavy atom. The second kappa shape index (κ2) is 23.2. The Morgan fingerprint density at radius 2 is 1.64 bits per heavy atom. The first-order valence-electron chi connectivity index (χ1n) is 23.0. The lowest BCUT2D eigenvalue weighted by molar-refractivity contribution is -0.338. The number of phenols is 1. The van der Waals surface area contributed by atoms with E-state index in [4.69, 9.17) is 28.4 Å². The Bertz CT molecular complexity index is 1890. The Morgan fingerprint density at radius 1 is 0.909 bits per heavy atom. The molecule has 10 N–H and O–H groups in total. The maximum Gasteiger partial charge on any atom is 0.332 e. The van der Waals surface area contributed by atoms with E-state index in [0.717, 1.165) is 32.1 Å². The van der Waals surface area contributed by atoms with Crippen LogP contribution in [0.15, 0.2) is 36.6 Å². The van der Waals surface area contributed by atoms with Crippen molar-refractivity contribution in [2.45, 2.75) is 165 Å². The molecule has 0 bridgehead atoms. The van der Waals surface area contributed by atoms with Crippen LogP contribution in [0, 0.1) is 17.8 Å². The number of aromatic hydroxyl groups is 1. The monoisotopic (exact) mass is 933 g/mol. The van der Waals surface area contributed by atoms with Crippen molar-refractivity contribution in [3.8, 4) is 11.5 Å². The third-order valence-corrected chi connectivity index (χ3v) is 13.3. The van der Waals surface area contributed by atoms with Crippen LogP contribution in [0.2, 0.25) is 0 Å². The predicted octanol–water partition coefficient (Wildman–Crippen LogP) is 0.730. The summed E-state index contributed by atoms with van der Waals surface area (Å²) in [6, 6.07) is 3.23. The van der Waals surface area contributed by atoms with Gasteiger partial charge in [0, 0.05) is 37.6 Å². The van der Waals surface area contributed by atoms with Gasteiger partial charge in [-0.15, -0.1) is 0 Å². The van der Waals surface area contributed by atoms with Crippen molar-refractivity contribution in [3.05, 3.63) is 42.2 Å². The summed E-state index contributed by atoms with van der Waals surface area (Å²) < 4.78 is 36.8. The number of carbonyl (C=O) groups excluding carboxylic acids is 3. The molecule has 3 amide bonds. The predicted molar refractivity (Wildman–Crippen MR) is 232 cm³/mol. The van der Waals surface area contributed by atoms with E-state index in [0.29, 0.717) is 29.1 Å². The first-order chi connectivity index (χ1) is 31.5. The number of benzene rings is 1. The number of nitrogens with one attached hydrogen (secondary N) is 3. The highest BCUT2D eigenvalue weighted by atomic mass is 16.7. The van der Waals surface area contributed by atoms with Crippen LogP contribution in [0.5, 0.6) is 11.5 Å². The average molecular weight is 934 g/mol. The van der Waals surface area contributed by atoms with Crippen molar-refractivity contribution in [3.63, 3.8) is 0 Å². The molecule has 3 heterocycles. The number of amides is 3. The summed E-state index contributed by atoms with van der Waals surface area (Å²) in [5.74, 6) is -3.03. The molecule has 5 aliphatic rings. The van der Waals surface area contributed by atoms with Crippen LogP contribution in [-0.4, -0.2) is 159 Å². The molecule has 0 aromatic heterocycles. The second-order valence-corrected chi connectivity index (χ2v) is 18.1. The van der Waals surface area contributed by atoms with Crippen molar-refractivity contribution in [2.75, 3.05) is 19.7 Å². The van der Waals surface area contributed by atoms with Crippen molar-refractivity contribution in [1.29, 1.82) is 0 Å². The molecule has 66 heavy (non-hydrogen) atoms. The fourth-order valence-corrected chi connectivity index (χ4v) is 9.79. The maximum absolute atomic E-state index is 14.0. The number of allylic oxidation sites excluding steroid dienone is 1. The van der Waals surface area contributed by atoms with Gasteiger partial charge in [-0.05, 0) is 61.8 Å². The van der Waals surface area contributed by atoms with Gasteiger partial charge in [-0.2, -0.15) is 0 Å². The largest absolute Gasteiger partial charge is 0.508 e. The number of hydrogen-bond donors (Lipinski definition) is 10. The third-order valence-electron chi connectivity index (χ3n) is 13.3. The summed E-state index contributed by atoms with van der Waals surface area (Å²) in [7, 11) is 0. The number of hydrogen-bond acceptors (Lipinski definition) is 16. The molecule has 6 rings (SSSR count). The number of phenolic OH excluding ortho intramolecular Hbond substituents is 1. The van der Waals surface area contributed by atoms with E-state index >= 15 is 0 Å². The van der Waals surface area contributed by atoms with Gasteiger partial charge in [0.15, 0.2) is 18.7 Å². The topological polar surface area (TPSA) is 301 Å². The number of carbonyl (C=O) groups is 4. The third kappa shape index (κ3) is 12.6. The zero-order valence-electron chi connectivity index (χ0n) is 37.7. The highest BCUT2D eigenvalue weighted by Crippen LogP contribution is 2.41. The fraction of sp³-hybridized carbons (Fsp3) is 0.696. The average Bonchev–Trinajstić information content (AvgIpc) is 3.27. The van der Waals surface area contributed by atoms with E-state index in [1.165, 1.54) is 26.0 Å². The van der Waals surface area contributed by atoms with E-state index < -0.39 is 110 Å². The van der Waals surface area contributed by atoms with Crippen LogP contribution in [0.3, 0.4) is 0 Å². The van der Waals surface area contributed by atoms with Gasteiger partial charge in [0.25, 0.3) is 0 Å². The van der Waals surface area contributed by atoms with E-state index in [1.54, 1.807) is 12.1 Å². The van der Waals surface area contributed by atoms with Crippen LogP contribution >= 0.6 is 0 Å². The molecule has 0 spiro atoms. The minimum Gasteiger partial charge on any atom is -0.508 e. The number of carboxylic acids is 1. The summed E-state index contributed by atoms with van der Waals surface area (Å²) in [6.45, 7) is 7.78. The van der Waals surface area contributed by atoms with Crippen LogP contribution in [0.4, 0.5) is 0 Å². The van der Waals surface area contributed by atoms with Crippen LogP contribution < -0.4 is 20.7 Å². The first kappa shape index (κ1) is 51.2. The molecular weight excluding hydrogens is 867 g/mol. The summed E-state index contributed by atoms with van der Waals surface area (Å²) in [5.41, 5.74) is 1.26. The molecule has 2 saturated heterocycles. The lowest BCUT2D eigenvalue weighted by atomic mass is 9.75. The molecule has 20 heteroatoms. The SMILES string of the molecule is C=C1C=C(CC(=O)NCCNC(=O)C2CC(CC)[C@@H](OC3O[C@@H](C)[C@H](O)C(O)[C@@H]3O)[C@H](O[C@@H]3O[C@@H](CO)[C@H](O)C(O[C@@H](CC4CCCCC4)C(=O)O)C3NC(C)=O)C2)c2ccc(O)cc2O1. The van der Waals surface area contributed by atoms with Gasteiger partial charge in [-0.3, -0.25) is 14.4 Å². The van der Waals surface area contributed by atoms with Gasteiger partial charge in [0.05, 0.1) is 31.3 Å². The number of ether oxygens (including phenoxy) is 6. The molecule has 1 aromatic carbocycles. The van der Waals surface area contributed by atoms with Gasteiger partial charge < -0.3 is 80.1 Å². The van der Waals surface area contributed by atoms with E-state index in [9.17, 15) is 54.9 Å². The quantitative estimate of drug-likeness (QED) is 0.0908. The standard InChI is InChI=1S/C46H67N3O17/c1-5-26-17-28(43(58)48-14-13-47-35(53)19-27-15-22(2)61-31-20-29(52)11-12-30(27)31)18-32(41(26)66-46-40(57)39(56)37(54)23(3)62-46)64-45-36(49-24(4)51)42(38(55)34(21-50)65-45)63-33(44(59)60)16-25-9-7-6-8-10-25/h11-12,15,20,23,25-26,28,32-34,36-42,45-46,50,52,54-57H,2,5-10,13-14,16-19,21H2,1,3-4H3,(H,47,53)(H,48,58)(H,49,51)(H,59,60)/t23-,26?,28?,32+,33-,34-,36?,37-,38-,39?,40-,41+,42?,45+,46?/m0/s1. The zero-order chi connectivity index (χ0) is 47.8. The van der Waals surface area contributed by atoms with E-state index in [2.05, 4.69) is 22.5 Å². The zero-order valence-corrected chi connectivity index (χ0v) is 37.7. The smallest absolute Gasteiger partial charge is 0.332 e. The molecule has 15 atom stereocenters. The number of aliphatic hydroxyl groups is 5. The number of fused-ring (bicyclic) bond motifs is 1. The Labute approximate surface area is 383 Å². The minimum absolute atomic E-state index is 0.000205. The Kier molecular flexibility index (Phi) is 18.0. The van der Waals surface area contributed by atoms with Crippen LogP contribution in [0.1, 0.15) is 90.5 Å². The lowest BCUT2D eigenvalue weighted by Crippen LogP contribution is -2.67. The van der Waals surface area contributed by atoms with Crippen molar-refractivity contribution in [1.82, 2.24) is 16.0 Å². The lowest BCUT2D eigenvalue weighted by Gasteiger charge is -2.49. The Hall–Kier alpha value is -4.22. The minimum atomic E-state index is -1.68. The molecule has 4 fully saturated rings. The van der Waals surface area contributed by atoms with Crippen molar-refractivity contribution in [2.24, 2.45) is 17.8 Å². The number of carboxylic acid groups (broad SMARTS) is 1. The van der Waals surface area contributed by atoms with E-state index in [1.807, 2.05) is 6.92 Å². The molecule has 3 aliphatic heterocycles. The van der Waals surface area contributed by atoms with E-state index in [-0.39, 0.29) is 62.3 Å². The van der Waals surface area contributed by atoms with Gasteiger partial charge >= 0.3 is 5.97 Å². The number of rotatable bonds is 18. The van der Waals surface area contributed by atoms with Gasteiger partial charge in [0.2, 0.25) is 17.7 Å². The normalized spacial score (nSPS) is 34.2.